The fourth-order valence-corrected chi connectivity index (χ4v) is 9.00. The summed E-state index contributed by atoms with van der Waals surface area (Å²) in [4.78, 5) is 38.1. The summed E-state index contributed by atoms with van der Waals surface area (Å²) in [6.45, 7) is 5.86. The van der Waals surface area contributed by atoms with Crippen LogP contribution in [-0.4, -0.2) is 90.2 Å². The van der Waals surface area contributed by atoms with Crippen molar-refractivity contribution >= 4 is 35.1 Å². The standard InChI is InChI=1S/C40H41Cl2N5O5/c1-4-52-39(49)25-18-47(19-25)26-14-23-13-24(15-34(50-2)31(23)16-26)27-7-5-8-28(36(27)41)29-9-6-10-30(37(29)42)32-17-43-33(38(44-32)51-3)20-46-21-40(22-46)12-11-35(48)45-40/h5-10,13,15,17,25-26H,4,11-12,14,16,18-22H2,1-3H3,(H,45,48)/t26-/m0/s1. The lowest BCUT2D eigenvalue weighted by Gasteiger charge is -2.47. The minimum Gasteiger partial charge on any atom is -0.496 e. The first-order valence-corrected chi connectivity index (χ1v) is 18.6. The third-order valence-corrected chi connectivity index (χ3v) is 11.8. The van der Waals surface area contributed by atoms with Gasteiger partial charge in [0.2, 0.25) is 11.8 Å². The van der Waals surface area contributed by atoms with Crippen molar-refractivity contribution in [3.8, 4) is 45.1 Å². The van der Waals surface area contributed by atoms with E-state index in [0.717, 1.165) is 84.7 Å². The second-order valence-electron chi connectivity index (χ2n) is 14.3. The summed E-state index contributed by atoms with van der Waals surface area (Å²) in [6.07, 6.45) is 4.94. The number of aromatic nitrogens is 2. The summed E-state index contributed by atoms with van der Waals surface area (Å²) in [7, 11) is 3.30. The summed E-state index contributed by atoms with van der Waals surface area (Å²) < 4.78 is 16.8. The summed E-state index contributed by atoms with van der Waals surface area (Å²) in [5, 5.41) is 4.22. The van der Waals surface area contributed by atoms with Crippen molar-refractivity contribution in [3.63, 3.8) is 0 Å². The van der Waals surface area contributed by atoms with Gasteiger partial charge in [-0.05, 0) is 48.9 Å². The van der Waals surface area contributed by atoms with Gasteiger partial charge in [-0.1, -0.05) is 65.7 Å². The molecule has 1 atom stereocenters. The molecule has 3 fully saturated rings. The zero-order valence-electron chi connectivity index (χ0n) is 29.5. The van der Waals surface area contributed by atoms with E-state index in [-0.39, 0.29) is 23.3 Å². The van der Waals surface area contributed by atoms with E-state index < -0.39 is 0 Å². The number of nitrogens with one attached hydrogen (secondary N) is 1. The van der Waals surface area contributed by atoms with Crippen LogP contribution in [0.1, 0.15) is 36.6 Å². The van der Waals surface area contributed by atoms with E-state index in [9.17, 15) is 9.59 Å². The fourth-order valence-electron chi connectivity index (χ4n) is 8.34. The molecule has 3 aromatic carbocycles. The molecule has 0 saturated carbocycles. The zero-order chi connectivity index (χ0) is 36.1. The first-order valence-electron chi connectivity index (χ1n) is 17.8. The maximum atomic E-state index is 12.2. The van der Waals surface area contributed by atoms with E-state index in [4.69, 9.17) is 47.4 Å². The maximum Gasteiger partial charge on any atom is 0.311 e. The number of rotatable bonds is 10. The molecule has 4 heterocycles. The number of methoxy groups -OCH3 is 2. The van der Waals surface area contributed by atoms with Crippen LogP contribution in [0.2, 0.25) is 10.0 Å². The van der Waals surface area contributed by atoms with Gasteiger partial charge in [-0.15, -0.1) is 0 Å². The highest BCUT2D eigenvalue weighted by Crippen LogP contribution is 2.45. The number of carbonyl (C=O) groups is 2. The van der Waals surface area contributed by atoms with E-state index in [0.29, 0.717) is 47.2 Å². The lowest BCUT2D eigenvalue weighted by atomic mass is 9.88. The van der Waals surface area contributed by atoms with Crippen LogP contribution in [0.4, 0.5) is 0 Å². The third kappa shape index (κ3) is 6.29. The van der Waals surface area contributed by atoms with Crippen LogP contribution in [0, 0.1) is 5.92 Å². The Morgan fingerprint density at radius 1 is 0.981 bits per heavy atom. The molecular formula is C40H41Cl2N5O5. The van der Waals surface area contributed by atoms with Crippen molar-refractivity contribution in [3.05, 3.63) is 81.6 Å². The molecule has 52 heavy (non-hydrogen) atoms. The van der Waals surface area contributed by atoms with Crippen molar-refractivity contribution in [1.29, 1.82) is 0 Å². The summed E-state index contributed by atoms with van der Waals surface area (Å²) >= 11 is 14.4. The summed E-state index contributed by atoms with van der Waals surface area (Å²) in [5.74, 6) is 1.26. The number of halogens is 2. The molecule has 1 amide bonds. The minimum absolute atomic E-state index is 0.0475. The second-order valence-corrected chi connectivity index (χ2v) is 15.1. The number of fused-ring (bicyclic) bond motifs is 1. The molecule has 1 spiro atoms. The van der Waals surface area contributed by atoms with Crippen LogP contribution in [0.5, 0.6) is 11.6 Å². The average molecular weight is 743 g/mol. The Kier molecular flexibility index (Phi) is 9.36. The van der Waals surface area contributed by atoms with Crippen LogP contribution >= 0.6 is 23.2 Å². The van der Waals surface area contributed by atoms with Crippen molar-refractivity contribution in [2.45, 2.75) is 50.7 Å². The third-order valence-electron chi connectivity index (χ3n) is 11.0. The number of likely N-dealkylation sites (tertiary alicyclic amines) is 2. The monoisotopic (exact) mass is 741 g/mol. The Morgan fingerprint density at radius 2 is 1.69 bits per heavy atom. The predicted octanol–water partition coefficient (Wildman–Crippen LogP) is 6.23. The number of nitrogens with zero attached hydrogens (tertiary/aromatic N) is 4. The van der Waals surface area contributed by atoms with Gasteiger partial charge in [-0.25, -0.2) is 4.98 Å². The molecule has 0 unspecified atom stereocenters. The number of carbonyl (C=O) groups excluding carboxylic acids is 2. The number of esters is 1. The number of hydrogen-bond donors (Lipinski definition) is 1. The van der Waals surface area contributed by atoms with Gasteiger partial charge in [0.1, 0.15) is 11.4 Å². The molecule has 4 aromatic rings. The molecule has 3 saturated heterocycles. The summed E-state index contributed by atoms with van der Waals surface area (Å²) in [5.41, 5.74) is 7.81. The lowest BCUT2D eigenvalue weighted by Crippen LogP contribution is -2.66. The smallest absolute Gasteiger partial charge is 0.311 e. The maximum absolute atomic E-state index is 12.2. The number of benzene rings is 3. The number of hydrogen-bond acceptors (Lipinski definition) is 9. The van der Waals surface area contributed by atoms with Crippen LogP contribution < -0.4 is 14.8 Å². The van der Waals surface area contributed by atoms with E-state index in [2.05, 4.69) is 27.2 Å². The van der Waals surface area contributed by atoms with Gasteiger partial charge in [0.15, 0.2) is 0 Å². The van der Waals surface area contributed by atoms with Gasteiger partial charge in [0.25, 0.3) is 0 Å². The van der Waals surface area contributed by atoms with Gasteiger partial charge in [0.05, 0.1) is 54.2 Å². The second kappa shape index (κ2) is 14.0. The number of amides is 1. The molecule has 10 nitrogen and oxygen atoms in total. The Morgan fingerprint density at radius 3 is 2.37 bits per heavy atom. The average Bonchev–Trinajstić information content (AvgIpc) is 3.71. The molecule has 0 radical (unpaired) electrons. The first kappa shape index (κ1) is 34.8. The van der Waals surface area contributed by atoms with Gasteiger partial charge in [-0.2, -0.15) is 0 Å². The Balaban J connectivity index is 1.03. The Bertz CT molecular complexity index is 2060. The van der Waals surface area contributed by atoms with E-state index in [1.165, 1.54) is 11.1 Å². The van der Waals surface area contributed by atoms with Crippen molar-refractivity contribution in [2.24, 2.45) is 5.92 Å². The van der Waals surface area contributed by atoms with Crippen molar-refractivity contribution in [1.82, 2.24) is 25.1 Å². The van der Waals surface area contributed by atoms with Crippen molar-refractivity contribution in [2.75, 3.05) is 47.0 Å². The largest absolute Gasteiger partial charge is 0.496 e. The highest BCUT2D eigenvalue weighted by molar-refractivity contribution is 6.39. The van der Waals surface area contributed by atoms with E-state index >= 15 is 0 Å². The molecule has 1 N–H and O–H groups in total. The normalized spacial score (nSPS) is 19.6. The van der Waals surface area contributed by atoms with Gasteiger partial charge < -0.3 is 19.5 Å². The van der Waals surface area contributed by atoms with E-state index in [1.807, 2.05) is 43.3 Å². The number of ether oxygens (including phenoxy) is 3. The molecule has 1 aliphatic carbocycles. The van der Waals surface area contributed by atoms with Gasteiger partial charge >= 0.3 is 5.97 Å². The quantitative estimate of drug-likeness (QED) is 0.190. The lowest BCUT2D eigenvalue weighted by molar-refractivity contribution is -0.155. The molecule has 3 aliphatic heterocycles. The van der Waals surface area contributed by atoms with Crippen LogP contribution in [0.25, 0.3) is 33.5 Å². The van der Waals surface area contributed by atoms with Crippen molar-refractivity contribution < 1.29 is 23.8 Å². The molecule has 4 aliphatic rings. The highest BCUT2D eigenvalue weighted by atomic mass is 35.5. The predicted molar refractivity (Wildman–Crippen MR) is 200 cm³/mol. The van der Waals surface area contributed by atoms with E-state index in [1.54, 1.807) is 20.4 Å². The molecule has 270 valence electrons. The fraction of sp³-hybridized carbons (Fsp3) is 0.400. The van der Waals surface area contributed by atoms with Gasteiger partial charge in [-0.3, -0.25) is 24.4 Å². The van der Waals surface area contributed by atoms with Crippen LogP contribution in [0.3, 0.4) is 0 Å². The SMILES string of the molecule is CCOC(=O)C1CN([C@H]2Cc3cc(-c4cccc(-c5cccc(-c6cnc(CN7CC8(CCC(=O)N8)C7)c(OC)n6)c5Cl)c4Cl)cc(OC)c3C2)C1. The molecule has 0 bridgehead atoms. The Hall–Kier alpha value is -4.22. The molecule has 1 aromatic heterocycles. The van der Waals surface area contributed by atoms with Crippen LogP contribution in [-0.2, 0) is 33.7 Å². The Labute approximate surface area is 313 Å². The minimum atomic E-state index is -0.105. The zero-order valence-corrected chi connectivity index (χ0v) is 31.0. The molecule has 12 heteroatoms. The van der Waals surface area contributed by atoms with Gasteiger partial charge in [0, 0.05) is 67.4 Å². The van der Waals surface area contributed by atoms with Crippen LogP contribution in [0.15, 0.2) is 54.7 Å². The molecule has 8 rings (SSSR count). The summed E-state index contributed by atoms with van der Waals surface area (Å²) in [6, 6.07) is 16.4. The highest BCUT2D eigenvalue weighted by Gasteiger charge is 2.47. The topological polar surface area (TPSA) is 106 Å². The molecular weight excluding hydrogens is 701 g/mol. The first-order chi connectivity index (χ1) is 25.2.